The fourth-order valence-corrected chi connectivity index (χ4v) is 3.57. The highest BCUT2D eigenvalue weighted by Gasteiger charge is 2.08. The molecule has 1 N–H and O–H groups in total. The number of thiazole rings is 1. The third-order valence-electron chi connectivity index (χ3n) is 3.75. The van der Waals surface area contributed by atoms with Crippen molar-refractivity contribution in [1.29, 1.82) is 0 Å². The Morgan fingerprint density at radius 1 is 1.04 bits per heavy atom. The Morgan fingerprint density at radius 3 is 2.79 bits per heavy atom. The van der Waals surface area contributed by atoms with E-state index in [2.05, 4.69) is 21.5 Å². The van der Waals surface area contributed by atoms with Crippen molar-refractivity contribution in [3.8, 4) is 5.69 Å². The van der Waals surface area contributed by atoms with Crippen molar-refractivity contribution in [2.45, 2.75) is 13.1 Å². The molecule has 120 valence electrons. The number of nitrogens with zero attached hydrogens (tertiary/aromatic N) is 3. The second-order valence-corrected chi connectivity index (χ2v) is 6.46. The summed E-state index contributed by atoms with van der Waals surface area (Å²) in [6, 6.07) is 15.0. The molecule has 2 aromatic carbocycles. The molecule has 4 nitrogen and oxygen atoms in total. The molecular formula is C18H15FN4S. The average molecular weight is 338 g/mol. The third-order valence-corrected chi connectivity index (χ3v) is 4.83. The molecule has 0 aliphatic carbocycles. The van der Waals surface area contributed by atoms with Gasteiger partial charge in [-0.15, -0.1) is 11.3 Å². The summed E-state index contributed by atoms with van der Waals surface area (Å²) >= 11 is 1.39. The zero-order valence-corrected chi connectivity index (χ0v) is 13.6. The molecule has 0 bridgehead atoms. The summed E-state index contributed by atoms with van der Waals surface area (Å²) in [5.74, 6) is -0.208. The maximum Gasteiger partial charge on any atom is 0.142 e. The van der Waals surface area contributed by atoms with Crippen molar-refractivity contribution >= 4 is 21.6 Å². The lowest BCUT2D eigenvalue weighted by Gasteiger charge is -2.09. The van der Waals surface area contributed by atoms with Gasteiger partial charge < -0.3 is 5.32 Å². The average Bonchev–Trinajstić information content (AvgIpc) is 3.25. The molecule has 0 saturated heterocycles. The highest BCUT2D eigenvalue weighted by molar-refractivity contribution is 7.18. The summed E-state index contributed by atoms with van der Waals surface area (Å²) in [6.45, 7) is 1.29. The van der Waals surface area contributed by atoms with Crippen LogP contribution in [0.3, 0.4) is 0 Å². The van der Waals surface area contributed by atoms with Gasteiger partial charge >= 0.3 is 0 Å². The molecule has 0 aliphatic rings. The van der Waals surface area contributed by atoms with Gasteiger partial charge in [-0.05, 0) is 29.8 Å². The molecule has 0 aliphatic heterocycles. The first-order valence-corrected chi connectivity index (χ1v) is 8.45. The lowest BCUT2D eigenvalue weighted by Crippen LogP contribution is -2.14. The molecule has 0 unspecified atom stereocenters. The van der Waals surface area contributed by atoms with Crippen LogP contribution in [0.1, 0.15) is 10.6 Å². The van der Waals surface area contributed by atoms with Gasteiger partial charge in [-0.3, -0.25) is 0 Å². The van der Waals surface area contributed by atoms with E-state index in [4.69, 9.17) is 0 Å². The number of hydrogen-bond donors (Lipinski definition) is 1. The highest BCUT2D eigenvalue weighted by atomic mass is 32.1. The van der Waals surface area contributed by atoms with E-state index in [0.29, 0.717) is 23.3 Å². The van der Waals surface area contributed by atoms with E-state index >= 15 is 0 Å². The van der Waals surface area contributed by atoms with E-state index in [0.717, 1.165) is 16.3 Å². The predicted octanol–water partition coefficient (Wildman–Crippen LogP) is 3.91. The Balaban J connectivity index is 1.48. The molecule has 24 heavy (non-hydrogen) atoms. The van der Waals surface area contributed by atoms with Crippen molar-refractivity contribution in [3.05, 3.63) is 77.3 Å². The molecule has 0 atom stereocenters. The second kappa shape index (κ2) is 6.51. The standard InChI is InChI=1S/C18H15FN4S/c19-14-6-3-7-15-18(14)24-17(22-15)12-20-11-13-5-1-2-8-16(13)23-10-4-9-21-23/h1-10,20H,11-12H2. The Hall–Kier alpha value is -2.57. The van der Waals surface area contributed by atoms with Crippen LogP contribution in [-0.4, -0.2) is 14.8 Å². The molecule has 2 aromatic heterocycles. The summed E-state index contributed by atoms with van der Waals surface area (Å²) in [7, 11) is 0. The van der Waals surface area contributed by atoms with Crippen molar-refractivity contribution in [2.24, 2.45) is 0 Å². The number of benzene rings is 2. The van der Waals surface area contributed by atoms with Crippen LogP contribution in [0.4, 0.5) is 4.39 Å². The van der Waals surface area contributed by atoms with Gasteiger partial charge in [0.05, 0.1) is 15.9 Å². The normalized spacial score (nSPS) is 11.2. The van der Waals surface area contributed by atoms with E-state index in [1.54, 1.807) is 12.3 Å². The number of rotatable bonds is 5. The van der Waals surface area contributed by atoms with Gasteiger partial charge in [0, 0.05) is 25.5 Å². The smallest absolute Gasteiger partial charge is 0.142 e. The van der Waals surface area contributed by atoms with E-state index in [-0.39, 0.29) is 5.82 Å². The van der Waals surface area contributed by atoms with Crippen LogP contribution in [-0.2, 0) is 13.1 Å². The minimum absolute atomic E-state index is 0.208. The van der Waals surface area contributed by atoms with Crippen molar-refractivity contribution in [1.82, 2.24) is 20.1 Å². The van der Waals surface area contributed by atoms with Crippen molar-refractivity contribution in [2.75, 3.05) is 0 Å². The lowest BCUT2D eigenvalue weighted by atomic mass is 10.2. The lowest BCUT2D eigenvalue weighted by molar-refractivity contribution is 0.641. The maximum absolute atomic E-state index is 13.7. The first kappa shape index (κ1) is 15.0. The molecule has 4 rings (SSSR count). The zero-order valence-electron chi connectivity index (χ0n) is 12.8. The number of aromatic nitrogens is 3. The first-order chi connectivity index (χ1) is 11.8. The number of nitrogens with one attached hydrogen (secondary N) is 1. The maximum atomic E-state index is 13.7. The summed E-state index contributed by atoms with van der Waals surface area (Å²) in [5, 5.41) is 8.56. The number of fused-ring (bicyclic) bond motifs is 1. The first-order valence-electron chi connectivity index (χ1n) is 7.64. The molecule has 0 fully saturated rings. The zero-order chi connectivity index (χ0) is 16.4. The fraction of sp³-hybridized carbons (Fsp3) is 0.111. The molecule has 2 heterocycles. The van der Waals surface area contributed by atoms with Crippen LogP contribution in [0.15, 0.2) is 60.9 Å². The predicted molar refractivity (Wildman–Crippen MR) is 93.7 cm³/mol. The largest absolute Gasteiger partial charge is 0.306 e. The van der Waals surface area contributed by atoms with Crippen LogP contribution < -0.4 is 5.32 Å². The van der Waals surface area contributed by atoms with E-state index in [9.17, 15) is 4.39 Å². The second-order valence-electron chi connectivity index (χ2n) is 5.38. The van der Waals surface area contributed by atoms with Gasteiger partial charge in [0.25, 0.3) is 0 Å². The van der Waals surface area contributed by atoms with Crippen LogP contribution in [0.5, 0.6) is 0 Å². The van der Waals surface area contributed by atoms with Gasteiger partial charge in [0.15, 0.2) is 0 Å². The molecule has 4 aromatic rings. The Labute approximate surface area is 142 Å². The van der Waals surface area contributed by atoms with Crippen LogP contribution >= 0.6 is 11.3 Å². The van der Waals surface area contributed by atoms with Crippen LogP contribution in [0.25, 0.3) is 15.9 Å². The van der Waals surface area contributed by atoms with Gasteiger partial charge in [0.1, 0.15) is 10.8 Å². The summed E-state index contributed by atoms with van der Waals surface area (Å²) in [5.41, 5.74) is 2.91. The Bertz CT molecular complexity index is 962. The van der Waals surface area contributed by atoms with Crippen molar-refractivity contribution in [3.63, 3.8) is 0 Å². The van der Waals surface area contributed by atoms with Gasteiger partial charge in [-0.25, -0.2) is 14.1 Å². The van der Waals surface area contributed by atoms with Crippen LogP contribution in [0, 0.1) is 5.82 Å². The summed E-state index contributed by atoms with van der Waals surface area (Å²) in [6.07, 6.45) is 3.69. The molecule has 0 amide bonds. The molecule has 0 spiro atoms. The minimum Gasteiger partial charge on any atom is -0.306 e. The SMILES string of the molecule is Fc1cccc2nc(CNCc3ccccc3-n3cccn3)sc12. The van der Waals surface area contributed by atoms with Gasteiger partial charge in [0.2, 0.25) is 0 Å². The number of para-hydroxylation sites is 1. The fourth-order valence-electron chi connectivity index (χ4n) is 2.64. The third kappa shape index (κ3) is 2.93. The molecule has 0 radical (unpaired) electrons. The molecule has 0 saturated carbocycles. The Kier molecular flexibility index (Phi) is 4.06. The monoisotopic (exact) mass is 338 g/mol. The number of halogens is 1. The highest BCUT2D eigenvalue weighted by Crippen LogP contribution is 2.24. The van der Waals surface area contributed by atoms with Gasteiger partial charge in [-0.2, -0.15) is 5.10 Å². The van der Waals surface area contributed by atoms with E-state index < -0.39 is 0 Å². The Morgan fingerprint density at radius 2 is 1.96 bits per heavy atom. The quantitative estimate of drug-likeness (QED) is 0.600. The number of hydrogen-bond acceptors (Lipinski definition) is 4. The minimum atomic E-state index is -0.208. The van der Waals surface area contributed by atoms with Gasteiger partial charge in [-0.1, -0.05) is 24.3 Å². The summed E-state index contributed by atoms with van der Waals surface area (Å²) in [4.78, 5) is 4.48. The molecular weight excluding hydrogens is 323 g/mol. The van der Waals surface area contributed by atoms with E-state index in [1.165, 1.54) is 17.4 Å². The molecule has 6 heteroatoms. The summed E-state index contributed by atoms with van der Waals surface area (Å²) < 4.78 is 16.2. The van der Waals surface area contributed by atoms with E-state index in [1.807, 2.05) is 41.2 Å². The van der Waals surface area contributed by atoms with Crippen LogP contribution in [0.2, 0.25) is 0 Å². The topological polar surface area (TPSA) is 42.7 Å². The van der Waals surface area contributed by atoms with Crippen molar-refractivity contribution < 1.29 is 4.39 Å².